The molecule has 1 aliphatic rings. The quantitative estimate of drug-likeness (QED) is 0.896. The van der Waals surface area contributed by atoms with E-state index in [1.807, 2.05) is 0 Å². The largest absolute Gasteiger partial charge is 0.480 e. The number of halogens is 1. The van der Waals surface area contributed by atoms with Crippen molar-refractivity contribution in [1.29, 1.82) is 0 Å². The van der Waals surface area contributed by atoms with Gasteiger partial charge in [0.1, 0.15) is 5.54 Å². The molecule has 0 bridgehead atoms. The van der Waals surface area contributed by atoms with Crippen molar-refractivity contribution in [3.05, 3.63) is 28.8 Å². The number of carboxylic acid groups (broad SMARTS) is 1. The lowest BCUT2D eigenvalue weighted by Crippen LogP contribution is -2.56. The molecule has 3 N–H and O–H groups in total. The highest BCUT2D eigenvalue weighted by atomic mass is 35.5. The molecule has 0 saturated carbocycles. The van der Waals surface area contributed by atoms with Gasteiger partial charge in [-0.2, -0.15) is 0 Å². The van der Waals surface area contributed by atoms with Crippen molar-refractivity contribution in [2.75, 3.05) is 11.4 Å². The van der Waals surface area contributed by atoms with Crippen LogP contribution >= 0.6 is 11.6 Å². The number of amides is 1. The second kappa shape index (κ2) is 5.32. The van der Waals surface area contributed by atoms with Gasteiger partial charge in [-0.1, -0.05) is 11.6 Å². The summed E-state index contributed by atoms with van der Waals surface area (Å²) in [7, 11) is 0. The maximum Gasteiger partial charge on any atom is 0.329 e. The number of primary amides is 1. The number of aliphatic carboxylic acids is 1. The Morgan fingerprint density at radius 1 is 1.40 bits per heavy atom. The minimum absolute atomic E-state index is 0.295. The third kappa shape index (κ3) is 2.45. The lowest BCUT2D eigenvalue weighted by Gasteiger charge is -2.43. The van der Waals surface area contributed by atoms with Gasteiger partial charge in [0.05, 0.1) is 11.3 Å². The molecule has 6 heteroatoms. The number of carbonyl (C=O) groups is 2. The van der Waals surface area contributed by atoms with Crippen LogP contribution < -0.4 is 10.6 Å². The first-order chi connectivity index (χ1) is 9.36. The first-order valence-electron chi connectivity index (χ1n) is 6.46. The molecular formula is C14H17ClN2O3. The van der Waals surface area contributed by atoms with Gasteiger partial charge in [0.25, 0.3) is 5.91 Å². The highest BCUT2D eigenvalue weighted by Gasteiger charge is 2.42. The standard InChI is InChI=1S/C14H17ClN2O3/c1-14(13(19)20)6-2-3-7-17(14)11-8-9(15)4-5-10(11)12(16)18/h4-5,8H,2-3,6-7H2,1H3,(H2,16,18)(H,19,20). The number of anilines is 1. The van der Waals surface area contributed by atoms with Gasteiger partial charge >= 0.3 is 5.97 Å². The Labute approximate surface area is 122 Å². The van der Waals surface area contributed by atoms with Gasteiger partial charge in [-0.05, 0) is 44.4 Å². The first kappa shape index (κ1) is 14.7. The van der Waals surface area contributed by atoms with Crippen molar-refractivity contribution < 1.29 is 14.7 Å². The predicted octanol–water partition coefficient (Wildman–Crippen LogP) is 2.27. The van der Waals surface area contributed by atoms with Crippen LogP contribution in [0.15, 0.2) is 18.2 Å². The van der Waals surface area contributed by atoms with Crippen LogP contribution in [-0.4, -0.2) is 29.1 Å². The fourth-order valence-electron chi connectivity index (χ4n) is 2.67. The van der Waals surface area contributed by atoms with Crippen LogP contribution in [-0.2, 0) is 4.79 Å². The molecule has 0 spiro atoms. The van der Waals surface area contributed by atoms with Gasteiger partial charge < -0.3 is 15.7 Å². The van der Waals surface area contributed by atoms with Crippen LogP contribution in [0.5, 0.6) is 0 Å². The van der Waals surface area contributed by atoms with E-state index in [1.54, 1.807) is 24.0 Å². The zero-order valence-corrected chi connectivity index (χ0v) is 12.0. The molecule has 1 heterocycles. The summed E-state index contributed by atoms with van der Waals surface area (Å²) >= 11 is 5.99. The molecule has 2 rings (SSSR count). The molecule has 1 amide bonds. The normalized spacial score (nSPS) is 22.6. The molecule has 1 saturated heterocycles. The lowest BCUT2D eigenvalue weighted by atomic mass is 9.87. The monoisotopic (exact) mass is 296 g/mol. The molecule has 0 radical (unpaired) electrons. The van der Waals surface area contributed by atoms with E-state index < -0.39 is 17.4 Å². The van der Waals surface area contributed by atoms with Crippen LogP contribution in [0, 0.1) is 0 Å². The molecule has 1 atom stereocenters. The summed E-state index contributed by atoms with van der Waals surface area (Å²) in [6, 6.07) is 4.72. The summed E-state index contributed by atoms with van der Waals surface area (Å²) in [5, 5.41) is 9.98. The predicted molar refractivity (Wildman–Crippen MR) is 77.2 cm³/mol. The lowest BCUT2D eigenvalue weighted by molar-refractivity contribution is -0.143. The summed E-state index contributed by atoms with van der Waals surface area (Å²) in [5.41, 5.74) is 5.12. The number of carbonyl (C=O) groups excluding carboxylic acids is 1. The van der Waals surface area contributed by atoms with Crippen LogP contribution in [0.4, 0.5) is 5.69 Å². The van der Waals surface area contributed by atoms with Crippen molar-refractivity contribution in [2.45, 2.75) is 31.7 Å². The molecule has 20 heavy (non-hydrogen) atoms. The van der Waals surface area contributed by atoms with Crippen molar-refractivity contribution in [3.8, 4) is 0 Å². The number of rotatable bonds is 3. The molecular weight excluding hydrogens is 280 g/mol. The maximum absolute atomic E-state index is 11.6. The first-order valence-corrected chi connectivity index (χ1v) is 6.84. The zero-order valence-electron chi connectivity index (χ0n) is 11.2. The van der Waals surface area contributed by atoms with Gasteiger partial charge in [0.2, 0.25) is 0 Å². The molecule has 0 aliphatic carbocycles. The molecule has 1 aliphatic heterocycles. The van der Waals surface area contributed by atoms with E-state index in [0.29, 0.717) is 29.2 Å². The molecule has 1 aromatic carbocycles. The number of hydrogen-bond donors (Lipinski definition) is 2. The average Bonchev–Trinajstić information content (AvgIpc) is 2.38. The van der Waals surface area contributed by atoms with E-state index in [9.17, 15) is 14.7 Å². The zero-order chi connectivity index (χ0) is 14.9. The van der Waals surface area contributed by atoms with Gasteiger partial charge in [0, 0.05) is 11.6 Å². The van der Waals surface area contributed by atoms with E-state index in [1.165, 1.54) is 6.07 Å². The fraction of sp³-hybridized carbons (Fsp3) is 0.429. The highest BCUT2D eigenvalue weighted by Crippen LogP contribution is 2.36. The van der Waals surface area contributed by atoms with E-state index in [0.717, 1.165) is 12.8 Å². The van der Waals surface area contributed by atoms with Gasteiger partial charge in [0.15, 0.2) is 0 Å². The minimum atomic E-state index is -1.05. The molecule has 5 nitrogen and oxygen atoms in total. The average molecular weight is 297 g/mol. The Kier molecular flexibility index (Phi) is 3.90. The number of nitrogens with zero attached hydrogens (tertiary/aromatic N) is 1. The highest BCUT2D eigenvalue weighted by molar-refractivity contribution is 6.31. The van der Waals surface area contributed by atoms with Crippen molar-refractivity contribution >= 4 is 29.2 Å². The third-order valence-corrected chi connectivity index (χ3v) is 4.10. The number of carboxylic acids is 1. The summed E-state index contributed by atoms with van der Waals surface area (Å²) < 4.78 is 0. The van der Waals surface area contributed by atoms with Gasteiger partial charge in [-0.3, -0.25) is 4.79 Å². The summed E-state index contributed by atoms with van der Waals surface area (Å²) in [5.74, 6) is -1.50. The molecule has 0 aromatic heterocycles. The molecule has 1 fully saturated rings. The van der Waals surface area contributed by atoms with Crippen LogP contribution in [0.3, 0.4) is 0 Å². The molecule has 1 unspecified atom stereocenters. The van der Waals surface area contributed by atoms with Crippen molar-refractivity contribution in [2.24, 2.45) is 5.73 Å². The second-order valence-electron chi connectivity index (χ2n) is 5.21. The summed E-state index contributed by atoms with van der Waals surface area (Å²) in [4.78, 5) is 24.9. The Morgan fingerprint density at radius 3 is 2.70 bits per heavy atom. The second-order valence-corrected chi connectivity index (χ2v) is 5.65. The maximum atomic E-state index is 11.6. The smallest absolute Gasteiger partial charge is 0.329 e. The van der Waals surface area contributed by atoms with E-state index in [4.69, 9.17) is 17.3 Å². The summed E-state index contributed by atoms with van der Waals surface area (Å²) in [6.07, 6.45) is 2.23. The van der Waals surface area contributed by atoms with Crippen LogP contribution in [0.2, 0.25) is 5.02 Å². The number of benzene rings is 1. The SMILES string of the molecule is CC1(C(=O)O)CCCCN1c1cc(Cl)ccc1C(N)=O. The Balaban J connectivity index is 2.55. The van der Waals surface area contributed by atoms with Crippen LogP contribution in [0.1, 0.15) is 36.5 Å². The summed E-state index contributed by atoms with van der Waals surface area (Å²) in [6.45, 7) is 2.23. The number of nitrogens with two attached hydrogens (primary N) is 1. The number of piperidine rings is 1. The van der Waals surface area contributed by atoms with E-state index in [2.05, 4.69) is 0 Å². The van der Waals surface area contributed by atoms with Gasteiger partial charge in [-0.25, -0.2) is 4.79 Å². The van der Waals surface area contributed by atoms with Crippen molar-refractivity contribution in [3.63, 3.8) is 0 Å². The fourth-order valence-corrected chi connectivity index (χ4v) is 2.83. The Bertz CT molecular complexity index is 561. The topological polar surface area (TPSA) is 83.6 Å². The molecule has 1 aromatic rings. The van der Waals surface area contributed by atoms with E-state index >= 15 is 0 Å². The Hall–Kier alpha value is -1.75. The van der Waals surface area contributed by atoms with E-state index in [-0.39, 0.29) is 0 Å². The van der Waals surface area contributed by atoms with Crippen molar-refractivity contribution in [1.82, 2.24) is 0 Å². The Morgan fingerprint density at radius 2 is 2.10 bits per heavy atom. The molecule has 108 valence electrons. The number of hydrogen-bond acceptors (Lipinski definition) is 3. The van der Waals surface area contributed by atoms with Crippen LogP contribution in [0.25, 0.3) is 0 Å². The minimum Gasteiger partial charge on any atom is -0.480 e. The van der Waals surface area contributed by atoms with Gasteiger partial charge in [-0.15, -0.1) is 0 Å². The third-order valence-electron chi connectivity index (χ3n) is 3.87.